The lowest BCUT2D eigenvalue weighted by Crippen LogP contribution is -2.23. The van der Waals surface area contributed by atoms with Crippen LogP contribution in [-0.4, -0.2) is 19.9 Å². The quantitative estimate of drug-likeness (QED) is 0.471. The van der Waals surface area contributed by atoms with Crippen LogP contribution in [0, 0.1) is 0 Å². The summed E-state index contributed by atoms with van der Waals surface area (Å²) in [5.41, 5.74) is 3.57. The van der Waals surface area contributed by atoms with Crippen LogP contribution in [0.2, 0.25) is 0 Å². The molecule has 0 unspecified atom stereocenters. The number of carbonyl (C=O) groups excluding carboxylic acids is 1. The number of pyridine rings is 1. The van der Waals surface area contributed by atoms with Crippen LogP contribution in [0.15, 0.2) is 82.3 Å². The number of hydrogen-bond acceptors (Lipinski definition) is 4. The molecule has 5 aromatic rings. The smallest absolute Gasteiger partial charge is 0.291 e. The minimum absolute atomic E-state index is 0.171. The van der Waals surface area contributed by atoms with Crippen molar-refractivity contribution >= 4 is 28.3 Å². The van der Waals surface area contributed by atoms with Gasteiger partial charge in [-0.3, -0.25) is 14.2 Å². The zero-order chi connectivity index (χ0) is 21.4. The summed E-state index contributed by atoms with van der Waals surface area (Å²) in [6, 6.07) is 18.4. The van der Waals surface area contributed by atoms with Crippen LogP contribution >= 0.6 is 0 Å². The van der Waals surface area contributed by atoms with Crippen LogP contribution in [0.5, 0.6) is 0 Å². The average molecular weight is 412 g/mol. The molecule has 0 saturated carbocycles. The fourth-order valence-corrected chi connectivity index (χ4v) is 3.81. The molecule has 1 aromatic carbocycles. The van der Waals surface area contributed by atoms with Gasteiger partial charge in [-0.1, -0.05) is 25.1 Å². The van der Waals surface area contributed by atoms with Crippen molar-refractivity contribution in [3.8, 4) is 0 Å². The highest BCUT2D eigenvalue weighted by molar-refractivity contribution is 6.02. The van der Waals surface area contributed by atoms with Crippen LogP contribution in [-0.2, 0) is 13.0 Å². The molecule has 0 fully saturated rings. The van der Waals surface area contributed by atoms with E-state index in [-0.39, 0.29) is 23.8 Å². The molecular formula is C24H20N4O3. The van der Waals surface area contributed by atoms with E-state index in [9.17, 15) is 9.59 Å². The van der Waals surface area contributed by atoms with E-state index < -0.39 is 0 Å². The average Bonchev–Trinajstić information content (AvgIpc) is 3.47. The first kappa shape index (κ1) is 18.9. The van der Waals surface area contributed by atoms with Gasteiger partial charge in [0.25, 0.3) is 11.5 Å². The van der Waals surface area contributed by atoms with E-state index in [4.69, 9.17) is 4.42 Å². The summed E-state index contributed by atoms with van der Waals surface area (Å²) in [6.45, 7) is 2.21. The maximum atomic E-state index is 13.0. The number of benzene rings is 1. The maximum Gasteiger partial charge on any atom is 0.291 e. The molecule has 0 atom stereocenters. The van der Waals surface area contributed by atoms with Crippen molar-refractivity contribution in [1.29, 1.82) is 0 Å². The van der Waals surface area contributed by atoms with Gasteiger partial charge in [0.1, 0.15) is 11.3 Å². The summed E-state index contributed by atoms with van der Waals surface area (Å²) in [4.78, 5) is 30.1. The maximum absolute atomic E-state index is 13.0. The molecule has 154 valence electrons. The predicted octanol–water partition coefficient (Wildman–Crippen LogP) is 4.11. The number of aryl methyl sites for hydroxylation is 1. The first-order chi connectivity index (χ1) is 15.2. The number of nitrogens with zero attached hydrogens (tertiary/aromatic N) is 3. The van der Waals surface area contributed by atoms with Gasteiger partial charge in [0.05, 0.1) is 12.1 Å². The molecule has 5 rings (SSSR count). The fraction of sp³-hybridized carbons (Fsp3) is 0.125. The number of fused-ring (bicyclic) bond motifs is 3. The lowest BCUT2D eigenvalue weighted by atomic mass is 10.1. The number of nitrogens with one attached hydrogen (secondary N) is 1. The number of furan rings is 1. The van der Waals surface area contributed by atoms with Gasteiger partial charge < -0.3 is 14.1 Å². The van der Waals surface area contributed by atoms with Gasteiger partial charge in [0.15, 0.2) is 11.4 Å². The van der Waals surface area contributed by atoms with E-state index in [0.717, 1.165) is 23.2 Å². The van der Waals surface area contributed by atoms with E-state index in [1.165, 1.54) is 0 Å². The molecule has 0 spiro atoms. The predicted molar refractivity (Wildman–Crippen MR) is 119 cm³/mol. The number of amides is 1. The summed E-state index contributed by atoms with van der Waals surface area (Å²) in [6.07, 6.45) is 4.30. The van der Waals surface area contributed by atoms with Gasteiger partial charge in [0.2, 0.25) is 0 Å². The SMILES string of the molecule is CCc1ccccc1NC(=O)c1ccc(Cn2c(=O)c3cccn3c3cccnc32)o1. The largest absolute Gasteiger partial charge is 0.454 e. The molecule has 1 amide bonds. The number of rotatable bonds is 5. The zero-order valence-corrected chi connectivity index (χ0v) is 16.9. The van der Waals surface area contributed by atoms with Crippen molar-refractivity contribution in [2.75, 3.05) is 5.32 Å². The minimum atomic E-state index is -0.329. The van der Waals surface area contributed by atoms with E-state index in [1.54, 1.807) is 29.0 Å². The van der Waals surface area contributed by atoms with Gasteiger partial charge >= 0.3 is 0 Å². The topological polar surface area (TPSA) is 81.5 Å². The Morgan fingerprint density at radius 3 is 2.74 bits per heavy atom. The molecule has 31 heavy (non-hydrogen) atoms. The lowest BCUT2D eigenvalue weighted by Gasteiger charge is -2.10. The lowest BCUT2D eigenvalue weighted by molar-refractivity contribution is 0.0994. The molecule has 1 N–H and O–H groups in total. The van der Waals surface area contributed by atoms with Crippen LogP contribution in [0.3, 0.4) is 0 Å². The van der Waals surface area contributed by atoms with Crippen molar-refractivity contribution in [3.05, 3.63) is 100 Å². The Morgan fingerprint density at radius 1 is 1.03 bits per heavy atom. The number of para-hydroxylation sites is 1. The van der Waals surface area contributed by atoms with Gasteiger partial charge in [-0.2, -0.15) is 0 Å². The number of aromatic nitrogens is 3. The molecule has 0 radical (unpaired) electrons. The van der Waals surface area contributed by atoms with E-state index >= 15 is 0 Å². The summed E-state index contributed by atoms with van der Waals surface area (Å²) in [5, 5.41) is 2.90. The van der Waals surface area contributed by atoms with Gasteiger partial charge in [-0.25, -0.2) is 4.98 Å². The molecular weight excluding hydrogens is 392 g/mol. The van der Waals surface area contributed by atoms with Crippen LogP contribution in [0.1, 0.15) is 28.8 Å². The molecule has 0 aliphatic heterocycles. The van der Waals surface area contributed by atoms with Crippen LogP contribution in [0.25, 0.3) is 16.7 Å². The Balaban J connectivity index is 1.47. The highest BCUT2D eigenvalue weighted by Crippen LogP contribution is 2.19. The van der Waals surface area contributed by atoms with Gasteiger partial charge in [-0.05, 0) is 54.4 Å². The van der Waals surface area contributed by atoms with Gasteiger partial charge in [-0.15, -0.1) is 0 Å². The number of hydrogen-bond donors (Lipinski definition) is 1. The Morgan fingerprint density at radius 2 is 1.87 bits per heavy atom. The summed E-state index contributed by atoms with van der Waals surface area (Å²) < 4.78 is 9.18. The van der Waals surface area contributed by atoms with Crippen molar-refractivity contribution in [2.45, 2.75) is 19.9 Å². The molecule has 0 bridgehead atoms. The fourth-order valence-electron chi connectivity index (χ4n) is 3.81. The summed E-state index contributed by atoms with van der Waals surface area (Å²) in [5.74, 6) is 0.360. The van der Waals surface area contributed by atoms with Crippen molar-refractivity contribution in [3.63, 3.8) is 0 Å². The van der Waals surface area contributed by atoms with E-state index in [2.05, 4.69) is 10.3 Å². The molecule has 4 heterocycles. The van der Waals surface area contributed by atoms with E-state index in [1.807, 2.05) is 60.0 Å². The van der Waals surface area contributed by atoms with Crippen LogP contribution < -0.4 is 10.9 Å². The first-order valence-electron chi connectivity index (χ1n) is 10.1. The van der Waals surface area contributed by atoms with Crippen molar-refractivity contribution in [2.24, 2.45) is 0 Å². The Hall–Kier alpha value is -4.13. The Kier molecular flexibility index (Phi) is 4.63. The molecule has 0 saturated heterocycles. The normalized spacial score (nSPS) is 11.3. The van der Waals surface area contributed by atoms with Crippen molar-refractivity contribution in [1.82, 2.24) is 14.0 Å². The third-order valence-corrected chi connectivity index (χ3v) is 5.34. The number of carbonyl (C=O) groups is 1. The van der Waals surface area contributed by atoms with Crippen LogP contribution in [0.4, 0.5) is 5.69 Å². The first-order valence-corrected chi connectivity index (χ1v) is 10.1. The molecule has 4 aromatic heterocycles. The minimum Gasteiger partial charge on any atom is -0.454 e. The summed E-state index contributed by atoms with van der Waals surface area (Å²) in [7, 11) is 0. The van der Waals surface area contributed by atoms with Gasteiger partial charge in [0, 0.05) is 18.1 Å². The second kappa shape index (κ2) is 7.60. The third kappa shape index (κ3) is 3.30. The standard InChI is InChI=1S/C24H20N4O3/c1-2-16-7-3-4-8-18(16)26-23(29)21-12-11-17(31-21)15-28-22-19(9-5-13-25-22)27-14-6-10-20(27)24(28)30/h3-14H,2,15H2,1H3,(H,26,29). The molecule has 0 aliphatic carbocycles. The number of anilines is 1. The monoisotopic (exact) mass is 412 g/mol. The molecule has 7 nitrogen and oxygen atoms in total. The zero-order valence-electron chi connectivity index (χ0n) is 16.9. The summed E-state index contributed by atoms with van der Waals surface area (Å²) >= 11 is 0. The molecule has 0 aliphatic rings. The Labute approximate surface area is 177 Å². The van der Waals surface area contributed by atoms with Crippen molar-refractivity contribution < 1.29 is 9.21 Å². The second-order valence-electron chi connectivity index (χ2n) is 7.23. The third-order valence-electron chi connectivity index (χ3n) is 5.34. The molecule has 7 heteroatoms. The second-order valence-corrected chi connectivity index (χ2v) is 7.23. The highest BCUT2D eigenvalue weighted by Gasteiger charge is 2.16. The van der Waals surface area contributed by atoms with E-state index in [0.29, 0.717) is 16.9 Å². The Bertz CT molecular complexity index is 1480. The highest BCUT2D eigenvalue weighted by atomic mass is 16.4.